The molecule has 0 saturated heterocycles. The van der Waals surface area contributed by atoms with Crippen molar-refractivity contribution in [1.82, 2.24) is 9.13 Å². The number of aromatic nitrogens is 2. The average molecular weight is 325 g/mol. The lowest BCUT2D eigenvalue weighted by Gasteiger charge is -2.09. The number of carbonyl (C=O) groups excluding carboxylic acids is 1. The van der Waals surface area contributed by atoms with Gasteiger partial charge in [0.15, 0.2) is 0 Å². The van der Waals surface area contributed by atoms with Gasteiger partial charge in [0.05, 0.1) is 18.0 Å². The number of hydrogen-bond acceptors (Lipinski definition) is 3. The summed E-state index contributed by atoms with van der Waals surface area (Å²) in [5, 5.41) is 3.45. The van der Waals surface area contributed by atoms with Crippen molar-refractivity contribution in [3.63, 3.8) is 0 Å². The number of fused-ring (bicyclic) bond motifs is 1. The molecule has 1 amide bonds. The number of rotatable bonds is 5. The summed E-state index contributed by atoms with van der Waals surface area (Å²) < 4.78 is 8.55. The Morgan fingerprint density at radius 2 is 1.96 bits per heavy atom. The smallest absolute Gasteiger partial charge is 0.259 e. The first-order valence-corrected chi connectivity index (χ1v) is 7.74. The zero-order valence-electron chi connectivity index (χ0n) is 13.7. The van der Waals surface area contributed by atoms with Gasteiger partial charge in [0.1, 0.15) is 12.3 Å². The third-order valence-electron chi connectivity index (χ3n) is 3.92. The number of pyridine rings is 1. The number of hydrogen-bond donors (Lipinski definition) is 1. The Balaban J connectivity index is 1.80. The van der Waals surface area contributed by atoms with Gasteiger partial charge in [-0.2, -0.15) is 0 Å². The predicted molar refractivity (Wildman–Crippen MR) is 93.5 cm³/mol. The molecule has 0 fully saturated rings. The monoisotopic (exact) mass is 325 g/mol. The van der Waals surface area contributed by atoms with Crippen molar-refractivity contribution in [2.24, 2.45) is 0 Å². The molecule has 3 rings (SSSR count). The van der Waals surface area contributed by atoms with Gasteiger partial charge in [-0.15, -0.1) is 0 Å². The topological polar surface area (TPSA) is 65.3 Å². The van der Waals surface area contributed by atoms with Crippen molar-refractivity contribution in [2.75, 3.05) is 12.4 Å². The van der Waals surface area contributed by atoms with E-state index in [1.165, 1.54) is 0 Å². The third kappa shape index (κ3) is 3.03. The van der Waals surface area contributed by atoms with Crippen LogP contribution in [0.3, 0.4) is 0 Å². The van der Waals surface area contributed by atoms with E-state index < -0.39 is 0 Å². The van der Waals surface area contributed by atoms with E-state index in [0.717, 1.165) is 5.52 Å². The summed E-state index contributed by atoms with van der Waals surface area (Å²) in [7, 11) is 1.58. The Hall–Kier alpha value is -3.02. The van der Waals surface area contributed by atoms with Crippen LogP contribution in [0.4, 0.5) is 5.69 Å². The van der Waals surface area contributed by atoms with E-state index in [2.05, 4.69) is 5.32 Å². The highest BCUT2D eigenvalue weighted by Gasteiger charge is 2.10. The highest BCUT2D eigenvalue weighted by molar-refractivity contribution is 5.92. The van der Waals surface area contributed by atoms with Crippen molar-refractivity contribution in [3.8, 4) is 5.75 Å². The van der Waals surface area contributed by atoms with Gasteiger partial charge < -0.3 is 19.2 Å². The van der Waals surface area contributed by atoms with Crippen LogP contribution in [0.2, 0.25) is 0 Å². The summed E-state index contributed by atoms with van der Waals surface area (Å²) in [5.74, 6) is 0.514. The molecule has 6 heteroatoms. The second-order valence-electron chi connectivity index (χ2n) is 5.43. The fourth-order valence-corrected chi connectivity index (χ4v) is 2.68. The van der Waals surface area contributed by atoms with E-state index in [1.54, 1.807) is 46.8 Å². The second-order valence-corrected chi connectivity index (χ2v) is 5.43. The zero-order chi connectivity index (χ0) is 17.1. The molecule has 6 nitrogen and oxygen atoms in total. The molecule has 124 valence electrons. The molecule has 0 bridgehead atoms. The fourth-order valence-electron chi connectivity index (χ4n) is 2.68. The summed E-state index contributed by atoms with van der Waals surface area (Å²) in [4.78, 5) is 24.5. The number of amides is 1. The molecule has 1 aromatic carbocycles. The van der Waals surface area contributed by atoms with Crippen LogP contribution in [0.5, 0.6) is 5.75 Å². The fraction of sp³-hybridized carbons (Fsp3) is 0.222. The minimum atomic E-state index is -0.166. The molecule has 0 atom stereocenters. The number of aryl methyl sites for hydroxylation is 1. The molecule has 2 heterocycles. The predicted octanol–water partition coefficient (Wildman–Crippen LogP) is 2.47. The quantitative estimate of drug-likeness (QED) is 0.784. The third-order valence-corrected chi connectivity index (χ3v) is 3.92. The van der Waals surface area contributed by atoms with Crippen LogP contribution < -0.4 is 15.6 Å². The first-order chi connectivity index (χ1) is 11.6. The van der Waals surface area contributed by atoms with Crippen molar-refractivity contribution in [2.45, 2.75) is 20.0 Å². The summed E-state index contributed by atoms with van der Waals surface area (Å²) in [5.41, 5.74) is 1.39. The lowest BCUT2D eigenvalue weighted by atomic mass is 10.3. The van der Waals surface area contributed by atoms with Crippen LogP contribution in [-0.4, -0.2) is 22.2 Å². The van der Waals surface area contributed by atoms with E-state index in [0.29, 0.717) is 23.4 Å². The van der Waals surface area contributed by atoms with E-state index in [-0.39, 0.29) is 18.0 Å². The molecule has 3 aromatic rings. The minimum Gasteiger partial charge on any atom is -0.497 e. The molecule has 0 saturated carbocycles. The number of benzene rings is 1. The molecule has 2 aromatic heterocycles. The van der Waals surface area contributed by atoms with Crippen LogP contribution in [-0.2, 0) is 17.9 Å². The Morgan fingerprint density at radius 3 is 2.71 bits per heavy atom. The summed E-state index contributed by atoms with van der Waals surface area (Å²) >= 11 is 0. The van der Waals surface area contributed by atoms with E-state index in [4.69, 9.17) is 4.74 Å². The number of nitrogens with one attached hydrogen (secondary N) is 1. The summed E-state index contributed by atoms with van der Waals surface area (Å²) in [6, 6.07) is 10.8. The van der Waals surface area contributed by atoms with Crippen molar-refractivity contribution in [1.29, 1.82) is 0 Å². The molecule has 24 heavy (non-hydrogen) atoms. The van der Waals surface area contributed by atoms with Crippen molar-refractivity contribution >= 4 is 22.5 Å². The normalized spacial score (nSPS) is 10.8. The SMILES string of the molecule is CCn1ccc2c(ccn2CC(=O)Nc2cccc(OC)c2)c1=O. The maximum Gasteiger partial charge on any atom is 0.259 e. The molecule has 0 spiro atoms. The summed E-state index contributed by atoms with van der Waals surface area (Å²) in [6.45, 7) is 2.68. The Kier molecular flexibility index (Phi) is 4.37. The molecule has 0 unspecified atom stereocenters. The van der Waals surface area contributed by atoms with Crippen molar-refractivity contribution < 1.29 is 9.53 Å². The molecular weight excluding hydrogens is 306 g/mol. The van der Waals surface area contributed by atoms with Gasteiger partial charge in [-0.05, 0) is 31.2 Å². The van der Waals surface area contributed by atoms with Gasteiger partial charge >= 0.3 is 0 Å². The average Bonchev–Trinajstić information content (AvgIpc) is 2.99. The van der Waals surface area contributed by atoms with E-state index >= 15 is 0 Å². The lowest BCUT2D eigenvalue weighted by Crippen LogP contribution is -2.20. The van der Waals surface area contributed by atoms with Crippen LogP contribution in [0, 0.1) is 0 Å². The van der Waals surface area contributed by atoms with Gasteiger partial charge in [0.25, 0.3) is 5.56 Å². The number of carbonyl (C=O) groups is 1. The minimum absolute atomic E-state index is 0.0399. The Bertz CT molecular complexity index is 940. The highest BCUT2D eigenvalue weighted by Crippen LogP contribution is 2.17. The number of anilines is 1. The molecule has 0 aliphatic heterocycles. The van der Waals surface area contributed by atoms with Gasteiger partial charge in [-0.1, -0.05) is 6.07 Å². The van der Waals surface area contributed by atoms with Gasteiger partial charge in [0.2, 0.25) is 5.91 Å². The maximum absolute atomic E-state index is 12.3. The van der Waals surface area contributed by atoms with E-state index in [1.807, 2.05) is 25.1 Å². The van der Waals surface area contributed by atoms with Crippen LogP contribution >= 0.6 is 0 Å². The first kappa shape index (κ1) is 15.9. The van der Waals surface area contributed by atoms with Crippen LogP contribution in [0.25, 0.3) is 10.9 Å². The molecule has 0 radical (unpaired) electrons. The van der Waals surface area contributed by atoms with E-state index in [9.17, 15) is 9.59 Å². The number of ether oxygens (including phenoxy) is 1. The lowest BCUT2D eigenvalue weighted by molar-refractivity contribution is -0.116. The maximum atomic E-state index is 12.3. The van der Waals surface area contributed by atoms with Gasteiger partial charge in [0, 0.05) is 30.7 Å². The van der Waals surface area contributed by atoms with Crippen LogP contribution in [0.1, 0.15) is 6.92 Å². The van der Waals surface area contributed by atoms with Crippen LogP contribution in [0.15, 0.2) is 53.6 Å². The summed E-state index contributed by atoms with van der Waals surface area (Å²) in [6.07, 6.45) is 3.51. The Labute approximate surface area is 139 Å². The molecular formula is C18H19N3O3. The van der Waals surface area contributed by atoms with Gasteiger partial charge in [-0.3, -0.25) is 9.59 Å². The second kappa shape index (κ2) is 6.62. The molecule has 1 N–H and O–H groups in total. The zero-order valence-corrected chi connectivity index (χ0v) is 13.7. The number of nitrogens with zero attached hydrogens (tertiary/aromatic N) is 2. The number of methoxy groups -OCH3 is 1. The molecule has 0 aliphatic rings. The standard InChI is InChI=1S/C18H19N3O3/c1-3-20-10-8-16-15(18(20)23)7-9-21(16)12-17(22)19-13-5-4-6-14(11-13)24-2/h4-11H,3,12H2,1-2H3,(H,19,22). The largest absolute Gasteiger partial charge is 0.497 e. The van der Waals surface area contributed by atoms with Gasteiger partial charge in [-0.25, -0.2) is 0 Å². The molecule has 0 aliphatic carbocycles. The Morgan fingerprint density at radius 1 is 1.17 bits per heavy atom. The van der Waals surface area contributed by atoms with Crippen molar-refractivity contribution in [3.05, 3.63) is 59.1 Å². The first-order valence-electron chi connectivity index (χ1n) is 7.74. The highest BCUT2D eigenvalue weighted by atomic mass is 16.5.